The van der Waals surface area contributed by atoms with E-state index < -0.39 is 29.1 Å². The van der Waals surface area contributed by atoms with E-state index in [1.807, 2.05) is 12.1 Å². The van der Waals surface area contributed by atoms with Gasteiger partial charge in [0.2, 0.25) is 5.91 Å². The maximum Gasteiger partial charge on any atom is 0.573 e. The molecular formula is C28H23ClF3N3O5S. The molecule has 1 amide bonds. The predicted octanol–water partition coefficient (Wildman–Crippen LogP) is 6.63. The number of carbonyl (C=O) groups excluding carboxylic acids is 2. The lowest BCUT2D eigenvalue weighted by atomic mass is 9.78. The van der Waals surface area contributed by atoms with Crippen molar-refractivity contribution in [3.8, 4) is 11.4 Å². The van der Waals surface area contributed by atoms with Gasteiger partial charge in [0.05, 0.1) is 23.1 Å². The molecule has 0 bridgehead atoms. The summed E-state index contributed by atoms with van der Waals surface area (Å²) in [5.41, 5.74) is -0.798. The Bertz CT molecular complexity index is 1660. The molecule has 5 rings (SSSR count). The molecule has 0 spiro atoms. The van der Waals surface area contributed by atoms with Gasteiger partial charge in [0.1, 0.15) is 10.8 Å². The van der Waals surface area contributed by atoms with E-state index in [4.69, 9.17) is 16.3 Å². The highest BCUT2D eigenvalue weighted by Gasteiger charge is 2.43. The third kappa shape index (κ3) is 5.66. The molecule has 0 unspecified atom stereocenters. The maximum atomic E-state index is 13.8. The number of fused-ring (bicyclic) bond motifs is 1. The highest BCUT2D eigenvalue weighted by atomic mass is 35.5. The Morgan fingerprint density at radius 3 is 2.37 bits per heavy atom. The third-order valence-electron chi connectivity index (χ3n) is 6.95. The van der Waals surface area contributed by atoms with Gasteiger partial charge in [0.25, 0.3) is 5.56 Å². The molecule has 1 aliphatic carbocycles. The average Bonchev–Trinajstić information content (AvgIpc) is 3.58. The zero-order valence-electron chi connectivity index (χ0n) is 21.6. The lowest BCUT2D eigenvalue weighted by molar-refractivity contribution is -0.274. The SMILES string of the molecule is CCOC(=O)c1nn(-c2ccc(OC(F)(F)F)cc2)c(=O)c2c(NC(=O)C3(c4ccc(Cl)cc4)CCCC3)scc12. The average molecular weight is 606 g/mol. The van der Waals surface area contributed by atoms with Crippen LogP contribution in [0.2, 0.25) is 5.02 Å². The van der Waals surface area contributed by atoms with Crippen molar-refractivity contribution in [2.45, 2.75) is 44.4 Å². The fraction of sp³-hybridized carbons (Fsp3) is 0.286. The summed E-state index contributed by atoms with van der Waals surface area (Å²) in [7, 11) is 0. The molecule has 214 valence electrons. The van der Waals surface area contributed by atoms with Crippen LogP contribution < -0.4 is 15.6 Å². The summed E-state index contributed by atoms with van der Waals surface area (Å²) < 4.78 is 47.8. The van der Waals surface area contributed by atoms with Crippen molar-refractivity contribution in [3.63, 3.8) is 0 Å². The predicted molar refractivity (Wildman–Crippen MR) is 148 cm³/mol. The van der Waals surface area contributed by atoms with Crippen molar-refractivity contribution < 1.29 is 32.2 Å². The first kappa shape index (κ1) is 28.6. The van der Waals surface area contributed by atoms with Crippen LogP contribution >= 0.6 is 22.9 Å². The molecule has 1 N–H and O–H groups in total. The standard InChI is InChI=1S/C28H23ClF3N3O5S/c1-2-39-25(37)22-20-15-41-23(33-26(38)27(13-3-4-14-27)16-5-7-17(29)8-6-16)21(20)24(36)35(34-22)18-9-11-19(12-10-18)40-28(30,31)32/h5-12,15H,2-4,13-14H2,1H3,(H,33,38). The maximum absolute atomic E-state index is 13.8. The zero-order chi connectivity index (χ0) is 29.4. The molecule has 2 aromatic carbocycles. The molecule has 0 saturated heterocycles. The monoisotopic (exact) mass is 605 g/mol. The number of benzene rings is 2. The Morgan fingerprint density at radius 1 is 1.10 bits per heavy atom. The number of nitrogens with one attached hydrogen (secondary N) is 1. The Kier molecular flexibility index (Phi) is 7.80. The molecule has 0 atom stereocenters. The minimum atomic E-state index is -4.89. The fourth-order valence-corrected chi connectivity index (χ4v) is 6.13. The second kappa shape index (κ2) is 11.2. The van der Waals surface area contributed by atoms with E-state index in [0.717, 1.165) is 46.6 Å². The fourth-order valence-electron chi connectivity index (χ4n) is 5.07. The van der Waals surface area contributed by atoms with Gasteiger partial charge in [-0.1, -0.05) is 36.6 Å². The van der Waals surface area contributed by atoms with Crippen LogP contribution in [0.3, 0.4) is 0 Å². The minimum Gasteiger partial charge on any atom is -0.461 e. The zero-order valence-corrected chi connectivity index (χ0v) is 23.2. The minimum absolute atomic E-state index is 0.0290. The van der Waals surface area contributed by atoms with Crippen LogP contribution in [-0.2, 0) is 14.9 Å². The van der Waals surface area contributed by atoms with Crippen LogP contribution in [0.15, 0.2) is 58.7 Å². The third-order valence-corrected chi connectivity index (χ3v) is 8.10. The number of thiophene rings is 1. The van der Waals surface area contributed by atoms with Crippen molar-refractivity contribution in [1.82, 2.24) is 9.78 Å². The van der Waals surface area contributed by atoms with E-state index in [2.05, 4.69) is 15.2 Å². The molecule has 4 aromatic rings. The largest absolute Gasteiger partial charge is 0.573 e. The molecule has 8 nitrogen and oxygen atoms in total. The Hall–Kier alpha value is -3.90. The van der Waals surface area contributed by atoms with Gasteiger partial charge in [0, 0.05) is 15.8 Å². The highest BCUT2D eigenvalue weighted by molar-refractivity contribution is 7.16. The summed E-state index contributed by atoms with van der Waals surface area (Å²) in [6.07, 6.45) is -1.98. The molecule has 2 heterocycles. The topological polar surface area (TPSA) is 99.5 Å². The van der Waals surface area contributed by atoms with Gasteiger partial charge in [-0.2, -0.15) is 9.78 Å². The Morgan fingerprint density at radius 2 is 1.76 bits per heavy atom. The lowest BCUT2D eigenvalue weighted by Crippen LogP contribution is -2.38. The van der Waals surface area contributed by atoms with Gasteiger partial charge < -0.3 is 14.8 Å². The number of ether oxygens (including phenoxy) is 2. The number of amides is 1. The Labute approximate surface area is 240 Å². The number of anilines is 1. The second-order valence-corrected chi connectivity index (χ2v) is 10.7. The van der Waals surface area contributed by atoms with E-state index >= 15 is 0 Å². The van der Waals surface area contributed by atoms with Gasteiger partial charge >= 0.3 is 12.3 Å². The first-order valence-corrected chi connectivity index (χ1v) is 13.9. The first-order chi connectivity index (χ1) is 19.5. The van der Waals surface area contributed by atoms with Gasteiger partial charge in [-0.25, -0.2) is 4.79 Å². The second-order valence-electron chi connectivity index (χ2n) is 9.43. The van der Waals surface area contributed by atoms with Crippen molar-refractivity contribution >= 4 is 50.6 Å². The van der Waals surface area contributed by atoms with Crippen LogP contribution in [0.4, 0.5) is 18.2 Å². The van der Waals surface area contributed by atoms with Gasteiger partial charge in [-0.15, -0.1) is 24.5 Å². The summed E-state index contributed by atoms with van der Waals surface area (Å²) in [4.78, 5) is 40.4. The van der Waals surface area contributed by atoms with Crippen molar-refractivity contribution in [2.24, 2.45) is 0 Å². The number of alkyl halides is 3. The Balaban J connectivity index is 1.59. The molecular weight excluding hydrogens is 583 g/mol. The summed E-state index contributed by atoms with van der Waals surface area (Å²) in [6.45, 7) is 1.66. The molecule has 41 heavy (non-hydrogen) atoms. The summed E-state index contributed by atoms with van der Waals surface area (Å²) >= 11 is 7.13. The number of esters is 1. The molecule has 13 heteroatoms. The highest BCUT2D eigenvalue weighted by Crippen LogP contribution is 2.43. The number of aromatic nitrogens is 2. The van der Waals surface area contributed by atoms with Crippen molar-refractivity contribution in [3.05, 3.63) is 80.5 Å². The normalized spacial score (nSPS) is 14.7. The number of halogens is 4. The number of carbonyl (C=O) groups is 2. The smallest absolute Gasteiger partial charge is 0.461 e. The van der Waals surface area contributed by atoms with Crippen LogP contribution in [0.1, 0.15) is 48.7 Å². The summed E-state index contributed by atoms with van der Waals surface area (Å²) in [5.74, 6) is -1.59. The van der Waals surface area contributed by atoms with E-state index in [0.29, 0.717) is 17.9 Å². The molecule has 0 radical (unpaired) electrons. The molecule has 1 aliphatic rings. The summed E-state index contributed by atoms with van der Waals surface area (Å²) in [5, 5.41) is 9.62. The number of rotatable bonds is 7. The van der Waals surface area contributed by atoms with E-state index in [-0.39, 0.29) is 39.7 Å². The number of nitrogens with zero attached hydrogens (tertiary/aromatic N) is 2. The van der Waals surface area contributed by atoms with Gasteiger partial charge in [0.15, 0.2) is 5.69 Å². The lowest BCUT2D eigenvalue weighted by Gasteiger charge is -2.28. The van der Waals surface area contributed by atoms with Crippen LogP contribution in [0, 0.1) is 0 Å². The van der Waals surface area contributed by atoms with Crippen LogP contribution in [0.25, 0.3) is 16.5 Å². The van der Waals surface area contributed by atoms with Crippen molar-refractivity contribution in [1.29, 1.82) is 0 Å². The van der Waals surface area contributed by atoms with Crippen LogP contribution in [-0.4, -0.2) is 34.6 Å². The van der Waals surface area contributed by atoms with Crippen molar-refractivity contribution in [2.75, 3.05) is 11.9 Å². The van der Waals surface area contributed by atoms with E-state index in [9.17, 15) is 27.6 Å². The molecule has 1 saturated carbocycles. The van der Waals surface area contributed by atoms with Gasteiger partial charge in [-0.05, 0) is 61.7 Å². The quantitative estimate of drug-likeness (QED) is 0.238. The molecule has 0 aliphatic heterocycles. The number of hydrogen-bond acceptors (Lipinski definition) is 7. The molecule has 2 aromatic heterocycles. The first-order valence-electron chi connectivity index (χ1n) is 12.7. The van der Waals surface area contributed by atoms with E-state index in [1.54, 1.807) is 24.4 Å². The van der Waals surface area contributed by atoms with Gasteiger partial charge in [-0.3, -0.25) is 9.59 Å². The van der Waals surface area contributed by atoms with E-state index in [1.165, 1.54) is 12.1 Å². The summed E-state index contributed by atoms with van der Waals surface area (Å²) in [6, 6.07) is 11.6. The molecule has 1 fully saturated rings. The number of hydrogen-bond donors (Lipinski definition) is 1. The van der Waals surface area contributed by atoms with Crippen LogP contribution in [0.5, 0.6) is 5.75 Å².